The number of carbonyl (C=O) groups excluding carboxylic acids is 1. The summed E-state index contributed by atoms with van der Waals surface area (Å²) >= 11 is 0. The SMILES string of the molecule is COc1ccc(NC(=O)[C@@H](C)NCC2CCCCC2)cc1. The van der Waals surface area contributed by atoms with Crippen LogP contribution >= 0.6 is 0 Å². The number of methoxy groups -OCH3 is 1. The Kier molecular flexibility index (Phi) is 6.05. The van der Waals surface area contributed by atoms with Crippen molar-refractivity contribution in [1.82, 2.24) is 5.32 Å². The second-order valence-electron chi connectivity index (χ2n) is 5.85. The van der Waals surface area contributed by atoms with Gasteiger partial charge in [-0.2, -0.15) is 0 Å². The highest BCUT2D eigenvalue weighted by atomic mass is 16.5. The molecule has 4 heteroatoms. The first kappa shape index (κ1) is 15.8. The quantitative estimate of drug-likeness (QED) is 0.846. The summed E-state index contributed by atoms with van der Waals surface area (Å²) in [6, 6.07) is 7.22. The van der Waals surface area contributed by atoms with Crippen molar-refractivity contribution in [3.63, 3.8) is 0 Å². The summed E-state index contributed by atoms with van der Waals surface area (Å²) in [6.45, 7) is 2.86. The van der Waals surface area contributed by atoms with E-state index in [-0.39, 0.29) is 11.9 Å². The van der Waals surface area contributed by atoms with Gasteiger partial charge in [-0.15, -0.1) is 0 Å². The molecule has 1 aromatic rings. The standard InChI is InChI=1S/C17H26N2O2/c1-13(18-12-14-6-4-3-5-7-14)17(20)19-15-8-10-16(21-2)11-9-15/h8-11,13-14,18H,3-7,12H2,1-2H3,(H,19,20)/t13-/m1/s1. The third kappa shape index (κ3) is 5.05. The Labute approximate surface area is 127 Å². The van der Waals surface area contributed by atoms with Gasteiger partial charge in [-0.25, -0.2) is 0 Å². The van der Waals surface area contributed by atoms with Gasteiger partial charge in [0.15, 0.2) is 0 Å². The topological polar surface area (TPSA) is 50.4 Å². The summed E-state index contributed by atoms with van der Waals surface area (Å²) in [5.41, 5.74) is 0.798. The van der Waals surface area contributed by atoms with Crippen LogP contribution in [0.5, 0.6) is 5.75 Å². The van der Waals surface area contributed by atoms with E-state index in [0.29, 0.717) is 0 Å². The highest BCUT2D eigenvalue weighted by Gasteiger charge is 2.17. The van der Waals surface area contributed by atoms with E-state index in [9.17, 15) is 4.79 Å². The van der Waals surface area contributed by atoms with Gasteiger partial charge >= 0.3 is 0 Å². The van der Waals surface area contributed by atoms with Crippen molar-refractivity contribution in [3.8, 4) is 5.75 Å². The lowest BCUT2D eigenvalue weighted by Crippen LogP contribution is -2.40. The van der Waals surface area contributed by atoms with Gasteiger partial charge < -0.3 is 15.4 Å². The van der Waals surface area contributed by atoms with Crippen molar-refractivity contribution in [2.75, 3.05) is 19.0 Å². The maximum atomic E-state index is 12.1. The number of hydrogen-bond donors (Lipinski definition) is 2. The molecule has 1 aromatic carbocycles. The lowest BCUT2D eigenvalue weighted by Gasteiger charge is -2.23. The Morgan fingerprint density at radius 3 is 2.52 bits per heavy atom. The number of anilines is 1. The van der Waals surface area contributed by atoms with Crippen LogP contribution in [0.2, 0.25) is 0 Å². The minimum absolute atomic E-state index is 0.0102. The molecule has 0 radical (unpaired) electrons. The fraction of sp³-hybridized carbons (Fsp3) is 0.588. The lowest BCUT2D eigenvalue weighted by molar-refractivity contribution is -0.117. The Morgan fingerprint density at radius 1 is 1.24 bits per heavy atom. The predicted molar refractivity (Wildman–Crippen MR) is 85.7 cm³/mol. The maximum absolute atomic E-state index is 12.1. The summed E-state index contributed by atoms with van der Waals surface area (Å²) in [4.78, 5) is 12.1. The number of amides is 1. The van der Waals surface area contributed by atoms with Crippen LogP contribution in [0.3, 0.4) is 0 Å². The fourth-order valence-electron chi connectivity index (χ4n) is 2.75. The summed E-state index contributed by atoms with van der Waals surface area (Å²) in [5, 5.41) is 6.28. The first-order valence-electron chi connectivity index (χ1n) is 7.87. The lowest BCUT2D eigenvalue weighted by atomic mass is 9.89. The summed E-state index contributed by atoms with van der Waals surface area (Å²) in [5.74, 6) is 1.53. The molecule has 0 aromatic heterocycles. The Balaban J connectivity index is 1.75. The van der Waals surface area contributed by atoms with Crippen LogP contribution in [0, 0.1) is 5.92 Å². The molecule has 1 amide bonds. The van der Waals surface area contributed by atoms with Crippen molar-refractivity contribution in [2.24, 2.45) is 5.92 Å². The van der Waals surface area contributed by atoms with Crippen molar-refractivity contribution in [2.45, 2.75) is 45.1 Å². The molecule has 1 fully saturated rings. The van der Waals surface area contributed by atoms with E-state index in [0.717, 1.165) is 23.9 Å². The van der Waals surface area contributed by atoms with Crippen LogP contribution in [-0.4, -0.2) is 25.6 Å². The molecule has 0 aliphatic heterocycles. The number of hydrogen-bond acceptors (Lipinski definition) is 3. The minimum atomic E-state index is -0.172. The van der Waals surface area contributed by atoms with Crippen LogP contribution < -0.4 is 15.4 Å². The predicted octanol–water partition coefficient (Wildman–Crippen LogP) is 3.19. The third-order valence-electron chi connectivity index (χ3n) is 4.19. The molecule has 0 heterocycles. The van der Waals surface area contributed by atoms with Crippen LogP contribution in [0.25, 0.3) is 0 Å². The maximum Gasteiger partial charge on any atom is 0.241 e. The molecule has 0 unspecified atom stereocenters. The fourth-order valence-corrected chi connectivity index (χ4v) is 2.75. The van der Waals surface area contributed by atoms with Crippen molar-refractivity contribution < 1.29 is 9.53 Å². The van der Waals surface area contributed by atoms with E-state index in [1.165, 1.54) is 32.1 Å². The van der Waals surface area contributed by atoms with Gasteiger partial charge in [0.05, 0.1) is 13.2 Å². The molecule has 1 atom stereocenters. The zero-order valence-corrected chi connectivity index (χ0v) is 13.0. The Hall–Kier alpha value is -1.55. The normalized spacial score (nSPS) is 17.2. The smallest absolute Gasteiger partial charge is 0.241 e. The van der Waals surface area contributed by atoms with Crippen LogP contribution in [0.1, 0.15) is 39.0 Å². The molecule has 1 saturated carbocycles. The highest BCUT2D eigenvalue weighted by Crippen LogP contribution is 2.22. The van der Waals surface area contributed by atoms with Crippen LogP contribution in [-0.2, 0) is 4.79 Å². The zero-order valence-electron chi connectivity index (χ0n) is 13.0. The Bertz CT molecular complexity index is 439. The van der Waals surface area contributed by atoms with Gasteiger partial charge in [0, 0.05) is 5.69 Å². The average molecular weight is 290 g/mol. The van der Waals surface area contributed by atoms with E-state index in [2.05, 4.69) is 10.6 Å². The molecule has 1 aliphatic carbocycles. The molecule has 0 bridgehead atoms. The van der Waals surface area contributed by atoms with Gasteiger partial charge in [-0.1, -0.05) is 19.3 Å². The van der Waals surface area contributed by atoms with Gasteiger partial charge in [-0.05, 0) is 56.5 Å². The van der Waals surface area contributed by atoms with Gasteiger partial charge in [0.1, 0.15) is 5.75 Å². The van der Waals surface area contributed by atoms with Crippen LogP contribution in [0.15, 0.2) is 24.3 Å². The number of benzene rings is 1. The summed E-state index contributed by atoms with van der Waals surface area (Å²) in [7, 11) is 1.63. The molecular weight excluding hydrogens is 264 g/mol. The number of nitrogens with one attached hydrogen (secondary N) is 2. The zero-order chi connectivity index (χ0) is 15.1. The summed E-state index contributed by atoms with van der Waals surface area (Å²) in [6.07, 6.45) is 6.61. The minimum Gasteiger partial charge on any atom is -0.497 e. The number of rotatable bonds is 6. The molecule has 0 saturated heterocycles. The molecule has 0 spiro atoms. The summed E-state index contributed by atoms with van der Waals surface area (Å²) < 4.78 is 5.10. The molecule has 21 heavy (non-hydrogen) atoms. The monoisotopic (exact) mass is 290 g/mol. The van der Waals surface area contributed by atoms with Crippen LogP contribution in [0.4, 0.5) is 5.69 Å². The second-order valence-corrected chi connectivity index (χ2v) is 5.85. The Morgan fingerprint density at radius 2 is 1.90 bits per heavy atom. The first-order valence-corrected chi connectivity index (χ1v) is 7.87. The molecule has 2 rings (SSSR count). The van der Waals surface area contributed by atoms with Gasteiger partial charge in [-0.3, -0.25) is 4.79 Å². The second kappa shape index (κ2) is 8.03. The average Bonchev–Trinajstić information content (AvgIpc) is 2.54. The van der Waals surface area contributed by atoms with E-state index in [4.69, 9.17) is 4.74 Å². The van der Waals surface area contributed by atoms with Crippen molar-refractivity contribution in [1.29, 1.82) is 0 Å². The van der Waals surface area contributed by atoms with E-state index >= 15 is 0 Å². The number of carbonyl (C=O) groups is 1. The van der Waals surface area contributed by atoms with E-state index < -0.39 is 0 Å². The van der Waals surface area contributed by atoms with E-state index in [1.54, 1.807) is 7.11 Å². The van der Waals surface area contributed by atoms with E-state index in [1.807, 2.05) is 31.2 Å². The largest absolute Gasteiger partial charge is 0.497 e. The number of ether oxygens (including phenoxy) is 1. The van der Waals surface area contributed by atoms with Gasteiger partial charge in [0.25, 0.3) is 0 Å². The molecular formula is C17H26N2O2. The van der Waals surface area contributed by atoms with Gasteiger partial charge in [0.2, 0.25) is 5.91 Å². The highest BCUT2D eigenvalue weighted by molar-refractivity contribution is 5.94. The molecule has 116 valence electrons. The first-order chi connectivity index (χ1) is 10.2. The van der Waals surface area contributed by atoms with Crippen molar-refractivity contribution >= 4 is 11.6 Å². The molecule has 2 N–H and O–H groups in total. The third-order valence-corrected chi connectivity index (χ3v) is 4.19. The van der Waals surface area contributed by atoms with Crippen molar-refractivity contribution in [3.05, 3.63) is 24.3 Å². The molecule has 1 aliphatic rings. The molecule has 4 nitrogen and oxygen atoms in total.